The van der Waals surface area contributed by atoms with Crippen LogP contribution in [0.1, 0.15) is 25.3 Å². The van der Waals surface area contributed by atoms with Crippen LogP contribution < -0.4 is 20.9 Å². The van der Waals surface area contributed by atoms with Crippen LogP contribution in [0.3, 0.4) is 0 Å². The summed E-state index contributed by atoms with van der Waals surface area (Å²) >= 11 is 12.1. The third-order valence-corrected chi connectivity index (χ3v) is 6.98. The molecule has 0 unspecified atom stereocenters. The van der Waals surface area contributed by atoms with Crippen LogP contribution >= 0.6 is 23.2 Å². The van der Waals surface area contributed by atoms with Crippen LogP contribution in [0.2, 0.25) is 10.0 Å². The average molecular weight is 443 g/mol. The molecule has 4 N–H and O–H groups in total. The van der Waals surface area contributed by atoms with Crippen molar-refractivity contribution in [3.63, 3.8) is 0 Å². The lowest BCUT2D eigenvalue weighted by Crippen LogP contribution is -2.23. The number of nitrogens with one attached hydrogen (secondary N) is 4. The zero-order valence-electron chi connectivity index (χ0n) is 14.7. The van der Waals surface area contributed by atoms with Crippen molar-refractivity contribution >= 4 is 61.5 Å². The molecule has 2 aliphatic rings. The summed E-state index contributed by atoms with van der Waals surface area (Å²) in [5.41, 5.74) is 7.54. The highest BCUT2D eigenvalue weighted by molar-refractivity contribution is 7.93. The van der Waals surface area contributed by atoms with Crippen molar-refractivity contribution < 1.29 is 12.8 Å². The van der Waals surface area contributed by atoms with E-state index in [-0.39, 0.29) is 22.1 Å². The number of halogens is 3. The molecule has 10 heteroatoms. The van der Waals surface area contributed by atoms with E-state index in [1.807, 2.05) is 0 Å². The summed E-state index contributed by atoms with van der Waals surface area (Å²) in [6, 6.07) is 6.32. The van der Waals surface area contributed by atoms with E-state index in [1.54, 1.807) is 31.3 Å². The van der Waals surface area contributed by atoms with Gasteiger partial charge >= 0.3 is 0 Å². The van der Waals surface area contributed by atoms with E-state index >= 15 is 4.39 Å². The lowest BCUT2D eigenvalue weighted by molar-refractivity contribution is 0.600. The number of fused-ring (bicyclic) bond motifs is 1. The van der Waals surface area contributed by atoms with Gasteiger partial charge in [0, 0.05) is 16.8 Å². The quantitative estimate of drug-likeness (QED) is 0.519. The van der Waals surface area contributed by atoms with Crippen LogP contribution in [0.15, 0.2) is 30.5 Å². The largest absolute Gasteiger partial charge is 0.350 e. The van der Waals surface area contributed by atoms with Gasteiger partial charge in [0.05, 0.1) is 27.3 Å². The van der Waals surface area contributed by atoms with E-state index in [0.717, 1.165) is 5.57 Å². The van der Waals surface area contributed by atoms with Crippen LogP contribution in [-0.4, -0.2) is 13.7 Å². The van der Waals surface area contributed by atoms with Crippen molar-refractivity contribution in [2.75, 3.05) is 15.5 Å². The normalized spacial score (nSPS) is 15.8. The molecule has 1 aliphatic heterocycles. The van der Waals surface area contributed by atoms with E-state index in [1.165, 1.54) is 6.07 Å². The molecule has 6 nitrogen and oxygen atoms in total. The molecule has 0 amide bonds. The minimum absolute atomic E-state index is 0.0313. The molecule has 1 fully saturated rings. The van der Waals surface area contributed by atoms with Gasteiger partial charge in [-0.25, -0.2) is 12.8 Å². The molecule has 0 spiro atoms. The van der Waals surface area contributed by atoms with Gasteiger partial charge in [0.15, 0.2) is 5.82 Å². The summed E-state index contributed by atoms with van der Waals surface area (Å²) in [5.74, 6) is -0.642. The van der Waals surface area contributed by atoms with Crippen LogP contribution in [0.5, 0.6) is 0 Å². The first-order valence-corrected chi connectivity index (χ1v) is 10.9. The first-order valence-electron chi connectivity index (χ1n) is 8.55. The maximum absolute atomic E-state index is 15.4. The van der Waals surface area contributed by atoms with Crippen LogP contribution in [0.25, 0.3) is 5.57 Å². The Hall–Kier alpha value is -2.16. The molecule has 1 aliphatic carbocycles. The van der Waals surface area contributed by atoms with Crippen molar-refractivity contribution in [3.8, 4) is 0 Å². The number of sulfonamides is 1. The smallest absolute Gasteiger partial charge is 0.235 e. The highest BCUT2D eigenvalue weighted by atomic mass is 35.5. The maximum atomic E-state index is 15.4. The molecule has 0 atom stereocenters. The van der Waals surface area contributed by atoms with Gasteiger partial charge in [-0.15, -0.1) is 0 Å². The molecule has 0 radical (unpaired) electrons. The van der Waals surface area contributed by atoms with Gasteiger partial charge < -0.3 is 10.7 Å². The molecule has 28 heavy (non-hydrogen) atoms. The first kappa shape index (κ1) is 19.2. The number of hydrazine groups is 1. The van der Waals surface area contributed by atoms with Gasteiger partial charge in [0.1, 0.15) is 5.69 Å². The molecule has 148 valence electrons. The Morgan fingerprint density at radius 3 is 2.61 bits per heavy atom. The van der Waals surface area contributed by atoms with Gasteiger partial charge in [-0.1, -0.05) is 23.2 Å². The van der Waals surface area contributed by atoms with Crippen molar-refractivity contribution in [2.24, 2.45) is 0 Å². The Morgan fingerprint density at radius 2 is 1.93 bits per heavy atom. The van der Waals surface area contributed by atoms with E-state index in [0.29, 0.717) is 29.1 Å². The molecular weight excluding hydrogens is 426 g/mol. The number of allylic oxidation sites excluding steroid dienone is 1. The first-order chi connectivity index (χ1) is 13.3. The number of benzene rings is 2. The second-order valence-corrected chi connectivity index (χ2v) is 9.53. The van der Waals surface area contributed by atoms with Crippen molar-refractivity contribution in [1.82, 2.24) is 5.43 Å². The molecule has 0 saturated heterocycles. The van der Waals surface area contributed by atoms with Gasteiger partial charge in [-0.05, 0) is 49.6 Å². The van der Waals surface area contributed by atoms with Crippen molar-refractivity contribution in [1.29, 1.82) is 0 Å². The minimum atomic E-state index is -3.60. The summed E-state index contributed by atoms with van der Waals surface area (Å²) in [5, 5.41) is 3.17. The molecule has 1 heterocycles. The van der Waals surface area contributed by atoms with Crippen LogP contribution in [-0.2, 0) is 10.0 Å². The highest BCUT2D eigenvalue weighted by Crippen LogP contribution is 2.42. The molecule has 4 rings (SSSR count). The van der Waals surface area contributed by atoms with E-state index in [9.17, 15) is 8.42 Å². The van der Waals surface area contributed by atoms with Crippen LogP contribution in [0.4, 0.5) is 27.1 Å². The van der Waals surface area contributed by atoms with Gasteiger partial charge in [-0.2, -0.15) is 0 Å². The van der Waals surface area contributed by atoms with Gasteiger partial charge in [0.2, 0.25) is 10.0 Å². The monoisotopic (exact) mass is 442 g/mol. The fourth-order valence-electron chi connectivity index (χ4n) is 2.92. The summed E-state index contributed by atoms with van der Waals surface area (Å²) in [6.45, 7) is 1.80. The second-order valence-electron chi connectivity index (χ2n) is 6.73. The van der Waals surface area contributed by atoms with Gasteiger partial charge in [-0.3, -0.25) is 10.1 Å². The Balaban J connectivity index is 1.83. The van der Waals surface area contributed by atoms with Gasteiger partial charge in [0.25, 0.3) is 0 Å². The molecule has 2 aromatic carbocycles. The average Bonchev–Trinajstić information content (AvgIpc) is 3.46. The predicted molar refractivity (Wildman–Crippen MR) is 112 cm³/mol. The summed E-state index contributed by atoms with van der Waals surface area (Å²) in [7, 11) is -3.60. The fraction of sp³-hybridized carbons (Fsp3) is 0.222. The number of hydrogen-bond acceptors (Lipinski definition) is 5. The maximum Gasteiger partial charge on any atom is 0.235 e. The molecule has 0 aromatic heterocycles. The Morgan fingerprint density at radius 1 is 1.18 bits per heavy atom. The Labute approximate surface area is 172 Å². The summed E-state index contributed by atoms with van der Waals surface area (Å²) in [6.07, 6.45) is 2.86. The standard InChI is InChI=1S/C18H17Cl2FN4O2S/c1-9-8-22-24-17-12(9)7-15(25-28(26,27)11-3-4-11)18(16(17)21)23-14-5-2-10(19)6-13(14)20/h2,5-8,11,22-25H,3-4H2,1H3. The Bertz CT molecular complexity index is 1100. The highest BCUT2D eigenvalue weighted by Gasteiger charge is 2.36. The number of rotatable bonds is 5. The van der Waals surface area contributed by atoms with E-state index in [2.05, 4.69) is 20.9 Å². The molecule has 1 saturated carbocycles. The SMILES string of the molecule is CC1=CNNc2c1cc(NS(=O)(=O)C1CC1)c(Nc1ccc(Cl)cc1Cl)c2F. The number of anilines is 4. The molecule has 0 bridgehead atoms. The lowest BCUT2D eigenvalue weighted by atomic mass is 10.0. The Kier molecular flexibility index (Phi) is 4.81. The number of hydrogen-bond donors (Lipinski definition) is 4. The summed E-state index contributed by atoms with van der Waals surface area (Å²) in [4.78, 5) is 0. The lowest BCUT2D eigenvalue weighted by Gasteiger charge is -2.24. The third-order valence-electron chi connectivity index (χ3n) is 4.58. The van der Waals surface area contributed by atoms with Crippen molar-refractivity contribution in [2.45, 2.75) is 25.0 Å². The predicted octanol–water partition coefficient (Wildman–Crippen LogP) is 5.07. The summed E-state index contributed by atoms with van der Waals surface area (Å²) < 4.78 is 42.9. The fourth-order valence-corrected chi connectivity index (χ4v) is 4.77. The zero-order valence-corrected chi connectivity index (χ0v) is 17.1. The third kappa shape index (κ3) is 3.59. The second kappa shape index (κ2) is 7.02. The van der Waals surface area contributed by atoms with Crippen molar-refractivity contribution in [3.05, 3.63) is 51.9 Å². The van der Waals surface area contributed by atoms with Crippen LogP contribution in [0, 0.1) is 5.82 Å². The zero-order chi connectivity index (χ0) is 20.1. The topological polar surface area (TPSA) is 82.3 Å². The molecule has 2 aromatic rings. The van der Waals surface area contributed by atoms with E-state index in [4.69, 9.17) is 23.2 Å². The molecular formula is C18H17Cl2FN4O2S. The van der Waals surface area contributed by atoms with E-state index < -0.39 is 21.1 Å². The minimum Gasteiger partial charge on any atom is -0.350 e.